The van der Waals surface area contributed by atoms with Crippen LogP contribution in [0.2, 0.25) is 0 Å². The normalized spacial score (nSPS) is 10.4. The van der Waals surface area contributed by atoms with E-state index >= 15 is 0 Å². The van der Waals surface area contributed by atoms with Gasteiger partial charge in [0, 0.05) is 12.1 Å². The average molecular weight is 277 g/mol. The lowest BCUT2D eigenvalue weighted by atomic mass is 10.1. The molecule has 0 radical (unpaired) electrons. The number of carboxylic acids is 1. The SMILES string of the molecule is C=CCCCOc1ccc(C=CC(=O)O)cc1[N+](=O)[O-]. The van der Waals surface area contributed by atoms with Crippen LogP contribution in [0.4, 0.5) is 5.69 Å². The number of aliphatic carboxylic acids is 1. The first-order valence-electron chi connectivity index (χ1n) is 5.97. The fourth-order valence-corrected chi connectivity index (χ4v) is 1.48. The van der Waals surface area contributed by atoms with Gasteiger partial charge in [-0.25, -0.2) is 4.79 Å². The van der Waals surface area contributed by atoms with Gasteiger partial charge in [-0.05, 0) is 30.5 Å². The Morgan fingerprint density at radius 2 is 2.25 bits per heavy atom. The van der Waals surface area contributed by atoms with Crippen molar-refractivity contribution in [2.24, 2.45) is 0 Å². The van der Waals surface area contributed by atoms with Crippen molar-refractivity contribution in [2.75, 3.05) is 6.61 Å². The number of rotatable bonds is 8. The van der Waals surface area contributed by atoms with E-state index < -0.39 is 10.9 Å². The first-order valence-corrected chi connectivity index (χ1v) is 5.97. The molecule has 0 atom stereocenters. The number of nitro benzene ring substituents is 1. The number of benzene rings is 1. The molecule has 0 aliphatic rings. The summed E-state index contributed by atoms with van der Waals surface area (Å²) in [7, 11) is 0. The molecule has 1 N–H and O–H groups in total. The standard InChI is InChI=1S/C14H15NO5/c1-2-3-4-9-20-13-7-5-11(6-8-14(16)17)10-12(13)15(18)19/h2,5-8,10H,1,3-4,9H2,(H,16,17). The van der Waals surface area contributed by atoms with Crippen molar-refractivity contribution in [2.45, 2.75) is 12.8 Å². The summed E-state index contributed by atoms with van der Waals surface area (Å²) in [5.74, 6) is -0.941. The number of nitrogens with zero attached hydrogens (tertiary/aromatic N) is 1. The van der Waals surface area contributed by atoms with Crippen LogP contribution in [0.1, 0.15) is 18.4 Å². The lowest BCUT2D eigenvalue weighted by Crippen LogP contribution is -2.00. The number of nitro groups is 1. The van der Waals surface area contributed by atoms with Gasteiger partial charge in [-0.3, -0.25) is 10.1 Å². The topological polar surface area (TPSA) is 89.7 Å². The van der Waals surface area contributed by atoms with Crippen LogP contribution in [0, 0.1) is 10.1 Å². The summed E-state index contributed by atoms with van der Waals surface area (Å²) in [6.45, 7) is 3.94. The fraction of sp³-hybridized carbons (Fsp3) is 0.214. The van der Waals surface area contributed by atoms with Crippen molar-refractivity contribution in [3.8, 4) is 5.75 Å². The predicted molar refractivity (Wildman–Crippen MR) is 74.7 cm³/mol. The number of hydrogen-bond acceptors (Lipinski definition) is 4. The lowest BCUT2D eigenvalue weighted by molar-refractivity contribution is -0.385. The zero-order valence-corrected chi connectivity index (χ0v) is 10.8. The Morgan fingerprint density at radius 1 is 1.50 bits per heavy atom. The molecule has 106 valence electrons. The van der Waals surface area contributed by atoms with Gasteiger partial charge >= 0.3 is 11.7 Å². The van der Waals surface area contributed by atoms with Gasteiger partial charge in [0.25, 0.3) is 0 Å². The molecular weight excluding hydrogens is 262 g/mol. The highest BCUT2D eigenvalue weighted by atomic mass is 16.6. The Hall–Kier alpha value is -2.63. The van der Waals surface area contributed by atoms with Crippen molar-refractivity contribution in [3.05, 3.63) is 52.6 Å². The quantitative estimate of drug-likeness (QED) is 0.259. The van der Waals surface area contributed by atoms with Gasteiger partial charge in [-0.15, -0.1) is 6.58 Å². The Balaban J connectivity index is 2.87. The van der Waals surface area contributed by atoms with Gasteiger partial charge in [0.2, 0.25) is 0 Å². The third kappa shape index (κ3) is 4.93. The molecule has 6 nitrogen and oxygen atoms in total. The molecule has 1 aromatic rings. The molecule has 1 aromatic carbocycles. The summed E-state index contributed by atoms with van der Waals surface area (Å²) in [4.78, 5) is 20.8. The van der Waals surface area contributed by atoms with E-state index in [1.807, 2.05) is 0 Å². The predicted octanol–water partition coefficient (Wildman–Crippen LogP) is 3.04. The van der Waals surface area contributed by atoms with Gasteiger partial charge < -0.3 is 9.84 Å². The smallest absolute Gasteiger partial charge is 0.328 e. The second-order valence-corrected chi connectivity index (χ2v) is 3.94. The van der Waals surface area contributed by atoms with Crippen LogP contribution >= 0.6 is 0 Å². The fourth-order valence-electron chi connectivity index (χ4n) is 1.48. The van der Waals surface area contributed by atoms with Gasteiger partial charge in [-0.2, -0.15) is 0 Å². The average Bonchev–Trinajstić information content (AvgIpc) is 2.41. The zero-order valence-electron chi connectivity index (χ0n) is 10.8. The highest BCUT2D eigenvalue weighted by Crippen LogP contribution is 2.28. The largest absolute Gasteiger partial charge is 0.487 e. The third-order valence-corrected chi connectivity index (χ3v) is 2.41. The lowest BCUT2D eigenvalue weighted by Gasteiger charge is -2.06. The van der Waals surface area contributed by atoms with E-state index in [1.165, 1.54) is 18.2 Å². The summed E-state index contributed by atoms with van der Waals surface area (Å²) in [6, 6.07) is 4.31. The summed E-state index contributed by atoms with van der Waals surface area (Å²) in [5, 5.41) is 19.5. The molecule has 0 bridgehead atoms. The maximum atomic E-state index is 11.0. The molecule has 0 saturated carbocycles. The Bertz CT molecular complexity index is 536. The molecule has 6 heteroatoms. The van der Waals surface area contributed by atoms with Crippen LogP contribution in [0.15, 0.2) is 36.9 Å². The summed E-state index contributed by atoms with van der Waals surface area (Å²) >= 11 is 0. The second-order valence-electron chi connectivity index (χ2n) is 3.94. The Morgan fingerprint density at radius 3 is 2.85 bits per heavy atom. The Labute approximate surface area is 116 Å². The van der Waals surface area contributed by atoms with Crippen molar-refractivity contribution < 1.29 is 19.6 Å². The first-order chi connectivity index (χ1) is 9.54. The second kappa shape index (κ2) is 7.73. The van der Waals surface area contributed by atoms with Crippen LogP contribution in [0.3, 0.4) is 0 Å². The van der Waals surface area contributed by atoms with E-state index in [2.05, 4.69) is 6.58 Å². The zero-order chi connectivity index (χ0) is 15.0. The summed E-state index contributed by atoms with van der Waals surface area (Å²) in [5.41, 5.74) is 0.244. The number of unbranched alkanes of at least 4 members (excludes halogenated alkanes) is 1. The van der Waals surface area contributed by atoms with E-state index in [1.54, 1.807) is 12.1 Å². The molecule has 0 fully saturated rings. The van der Waals surface area contributed by atoms with Crippen LogP contribution < -0.4 is 4.74 Å². The minimum absolute atomic E-state index is 0.173. The molecule has 0 aliphatic carbocycles. The van der Waals surface area contributed by atoms with E-state index in [0.29, 0.717) is 12.2 Å². The van der Waals surface area contributed by atoms with E-state index in [-0.39, 0.29) is 11.4 Å². The molecule has 1 rings (SSSR count). The number of carbonyl (C=O) groups is 1. The van der Waals surface area contributed by atoms with E-state index in [4.69, 9.17) is 9.84 Å². The van der Waals surface area contributed by atoms with Crippen LogP contribution in [0.5, 0.6) is 5.75 Å². The van der Waals surface area contributed by atoms with E-state index in [9.17, 15) is 14.9 Å². The molecule has 0 saturated heterocycles. The van der Waals surface area contributed by atoms with Crippen molar-refractivity contribution in [1.82, 2.24) is 0 Å². The molecule has 0 aromatic heterocycles. The number of carboxylic acid groups (broad SMARTS) is 1. The highest BCUT2D eigenvalue weighted by molar-refractivity contribution is 5.85. The molecule has 0 amide bonds. The minimum Gasteiger partial charge on any atom is -0.487 e. The van der Waals surface area contributed by atoms with Crippen molar-refractivity contribution >= 4 is 17.7 Å². The third-order valence-electron chi connectivity index (χ3n) is 2.41. The van der Waals surface area contributed by atoms with Gasteiger partial charge in [0.1, 0.15) is 0 Å². The van der Waals surface area contributed by atoms with Crippen molar-refractivity contribution in [3.63, 3.8) is 0 Å². The molecule has 0 spiro atoms. The molecular formula is C14H15NO5. The summed E-state index contributed by atoms with van der Waals surface area (Å²) in [6.07, 6.45) is 5.45. The Kier molecular flexibility index (Phi) is 5.96. The van der Waals surface area contributed by atoms with Crippen LogP contribution in [0.25, 0.3) is 6.08 Å². The minimum atomic E-state index is -1.11. The van der Waals surface area contributed by atoms with Gasteiger partial charge in [0.15, 0.2) is 5.75 Å². The van der Waals surface area contributed by atoms with E-state index in [0.717, 1.165) is 18.9 Å². The van der Waals surface area contributed by atoms with Crippen LogP contribution in [-0.4, -0.2) is 22.6 Å². The number of allylic oxidation sites excluding steroid dienone is 1. The maximum Gasteiger partial charge on any atom is 0.328 e. The van der Waals surface area contributed by atoms with Gasteiger partial charge in [0.05, 0.1) is 11.5 Å². The van der Waals surface area contributed by atoms with Gasteiger partial charge in [-0.1, -0.05) is 12.1 Å². The molecule has 0 heterocycles. The molecule has 0 aliphatic heterocycles. The molecule has 20 heavy (non-hydrogen) atoms. The van der Waals surface area contributed by atoms with Crippen molar-refractivity contribution in [1.29, 1.82) is 0 Å². The number of ether oxygens (including phenoxy) is 1. The monoisotopic (exact) mass is 277 g/mol. The number of hydrogen-bond donors (Lipinski definition) is 1. The first kappa shape index (κ1) is 15.4. The van der Waals surface area contributed by atoms with Crippen LogP contribution in [-0.2, 0) is 4.79 Å². The summed E-state index contributed by atoms with van der Waals surface area (Å²) < 4.78 is 5.35. The highest BCUT2D eigenvalue weighted by Gasteiger charge is 2.15. The maximum absolute atomic E-state index is 11.0. The molecule has 0 unspecified atom stereocenters.